The van der Waals surface area contributed by atoms with Crippen LogP contribution in [0.25, 0.3) is 0 Å². The predicted molar refractivity (Wildman–Crippen MR) is 97.1 cm³/mol. The number of hydrogen-bond acceptors (Lipinski definition) is 4. The zero-order valence-electron chi connectivity index (χ0n) is 15.6. The quantitative estimate of drug-likeness (QED) is 0.754. The molecule has 0 saturated carbocycles. The molecule has 26 heavy (non-hydrogen) atoms. The van der Waals surface area contributed by atoms with Crippen LogP contribution in [0.4, 0.5) is 0 Å². The lowest BCUT2D eigenvalue weighted by Crippen LogP contribution is -2.26. The Kier molecular flexibility index (Phi) is 6.38. The highest BCUT2D eigenvalue weighted by Crippen LogP contribution is 2.25. The number of benzene rings is 1. The minimum atomic E-state index is -0.933. The van der Waals surface area contributed by atoms with E-state index in [9.17, 15) is 14.7 Å². The molecule has 1 atom stereocenters. The Morgan fingerprint density at radius 2 is 1.88 bits per heavy atom. The molecular formula is C19H25N3O4. The van der Waals surface area contributed by atoms with E-state index < -0.39 is 11.9 Å². The SMILES string of the molecule is COc1ccc([C@@H](CC(=O)O)CC(=O)NCc2c(C)nn(C)c2C)cc1. The van der Waals surface area contributed by atoms with Crippen LogP contribution in [0.15, 0.2) is 24.3 Å². The van der Waals surface area contributed by atoms with E-state index in [2.05, 4.69) is 10.4 Å². The van der Waals surface area contributed by atoms with E-state index >= 15 is 0 Å². The highest BCUT2D eigenvalue weighted by molar-refractivity contribution is 5.78. The monoisotopic (exact) mass is 359 g/mol. The van der Waals surface area contributed by atoms with Gasteiger partial charge in [-0.15, -0.1) is 0 Å². The van der Waals surface area contributed by atoms with E-state index in [4.69, 9.17) is 4.74 Å². The molecule has 1 aromatic carbocycles. The average Bonchev–Trinajstić information content (AvgIpc) is 2.84. The number of methoxy groups -OCH3 is 1. The molecule has 2 N–H and O–H groups in total. The summed E-state index contributed by atoms with van der Waals surface area (Å²) in [4.78, 5) is 23.6. The lowest BCUT2D eigenvalue weighted by atomic mass is 9.92. The molecule has 2 aromatic rings. The van der Waals surface area contributed by atoms with E-state index in [1.165, 1.54) is 0 Å². The first-order chi connectivity index (χ1) is 12.3. The molecule has 0 saturated heterocycles. The van der Waals surface area contributed by atoms with Crippen molar-refractivity contribution < 1.29 is 19.4 Å². The molecule has 0 spiro atoms. The van der Waals surface area contributed by atoms with Crippen molar-refractivity contribution in [2.24, 2.45) is 7.05 Å². The summed E-state index contributed by atoms with van der Waals surface area (Å²) in [6.45, 7) is 4.23. The highest BCUT2D eigenvalue weighted by Gasteiger charge is 2.20. The van der Waals surface area contributed by atoms with Crippen LogP contribution in [-0.4, -0.2) is 33.9 Å². The fourth-order valence-electron chi connectivity index (χ4n) is 2.95. The number of aryl methyl sites for hydroxylation is 2. The number of nitrogens with zero attached hydrogens (tertiary/aromatic N) is 2. The molecule has 0 fully saturated rings. The number of carbonyl (C=O) groups excluding carboxylic acids is 1. The van der Waals surface area contributed by atoms with Crippen molar-refractivity contribution >= 4 is 11.9 Å². The molecule has 0 bridgehead atoms. The molecule has 7 heteroatoms. The standard InChI is InChI=1S/C19H25N3O4/c1-12-17(13(2)22(3)21-12)11-20-18(23)9-15(10-19(24)25)14-5-7-16(26-4)8-6-14/h5-8,15H,9-11H2,1-4H3,(H,20,23)(H,24,25)/t15-/m1/s1. The van der Waals surface area contributed by atoms with Gasteiger partial charge in [0.2, 0.25) is 5.91 Å². The zero-order valence-corrected chi connectivity index (χ0v) is 15.6. The molecule has 0 aliphatic carbocycles. The fourth-order valence-corrected chi connectivity index (χ4v) is 2.95. The summed E-state index contributed by atoms with van der Waals surface area (Å²) in [5.41, 5.74) is 3.67. The van der Waals surface area contributed by atoms with Crippen molar-refractivity contribution in [3.8, 4) is 5.75 Å². The van der Waals surface area contributed by atoms with Crippen LogP contribution in [-0.2, 0) is 23.2 Å². The minimum Gasteiger partial charge on any atom is -0.497 e. The zero-order chi connectivity index (χ0) is 19.3. The average molecular weight is 359 g/mol. The number of nitrogens with one attached hydrogen (secondary N) is 1. The van der Waals surface area contributed by atoms with Crippen molar-refractivity contribution in [1.82, 2.24) is 15.1 Å². The van der Waals surface area contributed by atoms with Gasteiger partial charge in [-0.05, 0) is 31.5 Å². The summed E-state index contributed by atoms with van der Waals surface area (Å²) in [6.07, 6.45) is 0.00167. The Hall–Kier alpha value is -2.83. The normalized spacial score (nSPS) is 11.8. The van der Waals surface area contributed by atoms with E-state index in [1.807, 2.05) is 20.9 Å². The Balaban J connectivity index is 2.04. The number of ether oxygens (including phenoxy) is 1. The van der Waals surface area contributed by atoms with Gasteiger partial charge in [-0.1, -0.05) is 12.1 Å². The van der Waals surface area contributed by atoms with E-state index in [0.29, 0.717) is 12.3 Å². The molecule has 140 valence electrons. The molecule has 2 rings (SSSR count). The molecule has 7 nitrogen and oxygen atoms in total. The summed E-state index contributed by atoms with van der Waals surface area (Å²) < 4.78 is 6.90. The van der Waals surface area contributed by atoms with Gasteiger partial charge in [-0.25, -0.2) is 0 Å². The number of hydrogen-bond donors (Lipinski definition) is 2. The van der Waals surface area contributed by atoms with Gasteiger partial charge in [0.25, 0.3) is 0 Å². The van der Waals surface area contributed by atoms with Gasteiger partial charge in [0.05, 0.1) is 19.2 Å². The van der Waals surface area contributed by atoms with Crippen molar-refractivity contribution in [3.63, 3.8) is 0 Å². The summed E-state index contributed by atoms with van der Waals surface area (Å²) in [6, 6.07) is 7.14. The van der Waals surface area contributed by atoms with Gasteiger partial charge in [-0.2, -0.15) is 5.10 Å². The second-order valence-electron chi connectivity index (χ2n) is 6.32. The van der Waals surface area contributed by atoms with Crippen molar-refractivity contribution in [2.45, 2.75) is 39.2 Å². The Morgan fingerprint density at radius 1 is 1.23 bits per heavy atom. The van der Waals surface area contributed by atoms with Crippen molar-refractivity contribution in [3.05, 3.63) is 46.8 Å². The third-order valence-electron chi connectivity index (χ3n) is 4.56. The molecule has 0 radical (unpaired) electrons. The smallest absolute Gasteiger partial charge is 0.303 e. The Bertz CT molecular complexity index is 781. The maximum absolute atomic E-state index is 12.4. The van der Waals surface area contributed by atoms with Gasteiger partial charge in [0.15, 0.2) is 0 Å². The molecule has 0 aliphatic heterocycles. The molecule has 1 aromatic heterocycles. The second-order valence-corrected chi connectivity index (χ2v) is 6.32. The van der Waals surface area contributed by atoms with Crippen LogP contribution < -0.4 is 10.1 Å². The largest absolute Gasteiger partial charge is 0.497 e. The van der Waals surface area contributed by atoms with Gasteiger partial charge >= 0.3 is 5.97 Å². The minimum absolute atomic E-state index is 0.106. The first-order valence-corrected chi connectivity index (χ1v) is 8.43. The number of aromatic nitrogens is 2. The summed E-state index contributed by atoms with van der Waals surface area (Å²) in [7, 11) is 3.43. The molecule has 1 heterocycles. The summed E-state index contributed by atoms with van der Waals surface area (Å²) in [5.74, 6) is -0.823. The molecule has 0 unspecified atom stereocenters. The number of amides is 1. The van der Waals surface area contributed by atoms with Crippen molar-refractivity contribution in [2.75, 3.05) is 7.11 Å². The van der Waals surface area contributed by atoms with Crippen molar-refractivity contribution in [1.29, 1.82) is 0 Å². The number of carboxylic acid groups (broad SMARTS) is 1. The molecular weight excluding hydrogens is 334 g/mol. The molecule has 1 amide bonds. The topological polar surface area (TPSA) is 93.4 Å². The van der Waals surface area contributed by atoms with Crippen LogP contribution in [0.3, 0.4) is 0 Å². The van der Waals surface area contributed by atoms with E-state index in [-0.39, 0.29) is 18.7 Å². The van der Waals surface area contributed by atoms with E-state index in [0.717, 1.165) is 22.5 Å². The van der Waals surface area contributed by atoms with Gasteiger partial charge in [0.1, 0.15) is 5.75 Å². The fraction of sp³-hybridized carbons (Fsp3) is 0.421. The number of carboxylic acids is 1. The van der Waals surface area contributed by atoms with Crippen LogP contribution in [0.5, 0.6) is 5.75 Å². The Labute approximate surface area is 153 Å². The third-order valence-corrected chi connectivity index (χ3v) is 4.56. The third kappa shape index (κ3) is 4.84. The lowest BCUT2D eigenvalue weighted by molar-refractivity contribution is -0.137. The van der Waals surface area contributed by atoms with Crippen LogP contribution in [0, 0.1) is 13.8 Å². The van der Waals surface area contributed by atoms with E-state index in [1.54, 1.807) is 36.1 Å². The van der Waals surface area contributed by atoms with Crippen LogP contribution in [0.2, 0.25) is 0 Å². The second kappa shape index (κ2) is 8.51. The number of rotatable bonds is 8. The summed E-state index contributed by atoms with van der Waals surface area (Å²) in [5, 5.41) is 16.4. The van der Waals surface area contributed by atoms with Gasteiger partial charge in [0, 0.05) is 37.2 Å². The molecule has 0 aliphatic rings. The number of carbonyl (C=O) groups is 2. The maximum atomic E-state index is 12.4. The Morgan fingerprint density at radius 3 is 2.38 bits per heavy atom. The van der Waals surface area contributed by atoms with Crippen LogP contribution >= 0.6 is 0 Å². The maximum Gasteiger partial charge on any atom is 0.303 e. The highest BCUT2D eigenvalue weighted by atomic mass is 16.5. The van der Waals surface area contributed by atoms with Gasteiger partial charge < -0.3 is 15.2 Å². The predicted octanol–water partition coefficient (Wildman–Crippen LogP) is 2.31. The number of aliphatic carboxylic acids is 1. The first kappa shape index (κ1) is 19.5. The summed E-state index contributed by atoms with van der Waals surface area (Å²) >= 11 is 0. The lowest BCUT2D eigenvalue weighted by Gasteiger charge is -2.16. The van der Waals surface area contributed by atoms with Crippen LogP contribution in [0.1, 0.15) is 41.3 Å². The van der Waals surface area contributed by atoms with Gasteiger partial charge in [-0.3, -0.25) is 14.3 Å². The first-order valence-electron chi connectivity index (χ1n) is 8.43.